The second kappa shape index (κ2) is 6.74. The van der Waals surface area contributed by atoms with Gasteiger partial charge in [-0.15, -0.1) is 0 Å². The molecule has 1 fully saturated rings. The maximum atomic E-state index is 12.2. The number of carbonyl (C=O) groups excluding carboxylic acids is 2. The Balaban J connectivity index is 1.63. The van der Waals surface area contributed by atoms with E-state index in [0.29, 0.717) is 37.6 Å². The van der Waals surface area contributed by atoms with E-state index in [0.717, 1.165) is 18.8 Å². The Kier molecular flexibility index (Phi) is 4.52. The number of nitrogens with one attached hydrogen (secondary N) is 1. The second-order valence-corrected chi connectivity index (χ2v) is 5.42. The molecule has 3 rings (SSSR count). The quantitative estimate of drug-likeness (QED) is 0.875. The summed E-state index contributed by atoms with van der Waals surface area (Å²) in [6, 6.07) is 3.69. The summed E-state index contributed by atoms with van der Waals surface area (Å²) >= 11 is 0. The average molecular weight is 317 g/mol. The zero-order chi connectivity index (χ0) is 16.2. The topological polar surface area (TPSA) is 87.1 Å². The lowest BCUT2D eigenvalue weighted by Gasteiger charge is -2.28. The van der Waals surface area contributed by atoms with Crippen LogP contribution in [0.2, 0.25) is 0 Å². The van der Waals surface area contributed by atoms with Gasteiger partial charge in [-0.1, -0.05) is 0 Å². The van der Waals surface area contributed by atoms with Gasteiger partial charge in [-0.25, -0.2) is 9.99 Å². The van der Waals surface area contributed by atoms with Crippen LogP contribution in [-0.2, 0) is 14.3 Å². The van der Waals surface area contributed by atoms with E-state index in [1.807, 2.05) is 6.07 Å². The zero-order valence-electron chi connectivity index (χ0n) is 13.0. The molecule has 1 saturated heterocycles. The molecule has 1 aromatic rings. The van der Waals surface area contributed by atoms with Gasteiger partial charge in [0.05, 0.1) is 25.1 Å². The molecule has 2 aliphatic heterocycles. The number of anilines is 2. The van der Waals surface area contributed by atoms with Crippen molar-refractivity contribution >= 4 is 29.0 Å². The molecule has 0 saturated carbocycles. The molecule has 1 N–H and O–H groups in total. The minimum Gasteiger partial charge on any atom is -0.378 e. The summed E-state index contributed by atoms with van der Waals surface area (Å²) in [5, 5.41) is 7.91. The van der Waals surface area contributed by atoms with E-state index in [4.69, 9.17) is 4.74 Å². The van der Waals surface area contributed by atoms with Crippen LogP contribution in [0, 0.1) is 0 Å². The van der Waals surface area contributed by atoms with Gasteiger partial charge < -0.3 is 15.0 Å². The highest BCUT2D eigenvalue weighted by molar-refractivity contribution is 6.43. The van der Waals surface area contributed by atoms with Gasteiger partial charge in [-0.05, 0) is 12.1 Å². The molecule has 2 aliphatic rings. The summed E-state index contributed by atoms with van der Waals surface area (Å²) in [6.45, 7) is 3.10. The van der Waals surface area contributed by atoms with Crippen LogP contribution in [0.4, 0.5) is 11.5 Å². The number of hydrazone groups is 1. The molecule has 0 atom stereocenters. The molecule has 0 aromatic carbocycles. The first-order valence-corrected chi connectivity index (χ1v) is 7.57. The Labute approximate surface area is 134 Å². The lowest BCUT2D eigenvalue weighted by molar-refractivity contribution is -0.130. The molecule has 3 heterocycles. The fraction of sp³-hybridized carbons (Fsp3) is 0.467. The number of aromatic nitrogens is 1. The van der Waals surface area contributed by atoms with Crippen molar-refractivity contribution in [2.45, 2.75) is 12.8 Å². The van der Waals surface area contributed by atoms with Gasteiger partial charge in [0.2, 0.25) is 5.91 Å². The highest BCUT2D eigenvalue weighted by Crippen LogP contribution is 2.17. The molecule has 23 heavy (non-hydrogen) atoms. The standard InChI is InChI=1S/C15H19N5O3/c1-19-14(21)5-3-12(18-19)15(22)17-13-4-2-11(10-16-13)20-6-8-23-9-7-20/h2,4,10H,3,5-9H2,1H3,(H,16,17,22). The van der Waals surface area contributed by atoms with Crippen molar-refractivity contribution in [3.05, 3.63) is 18.3 Å². The molecular weight excluding hydrogens is 298 g/mol. The molecule has 8 nitrogen and oxygen atoms in total. The third-order valence-corrected chi connectivity index (χ3v) is 3.84. The Morgan fingerprint density at radius 1 is 1.26 bits per heavy atom. The fourth-order valence-corrected chi connectivity index (χ4v) is 2.49. The highest BCUT2D eigenvalue weighted by Gasteiger charge is 2.22. The van der Waals surface area contributed by atoms with E-state index in [2.05, 4.69) is 20.3 Å². The van der Waals surface area contributed by atoms with E-state index >= 15 is 0 Å². The van der Waals surface area contributed by atoms with Crippen LogP contribution in [0.3, 0.4) is 0 Å². The predicted molar refractivity (Wildman–Crippen MR) is 85.3 cm³/mol. The molecule has 2 amide bonds. The molecule has 0 bridgehead atoms. The minimum absolute atomic E-state index is 0.0884. The van der Waals surface area contributed by atoms with Gasteiger partial charge in [-0.2, -0.15) is 5.10 Å². The fourth-order valence-electron chi connectivity index (χ4n) is 2.49. The summed E-state index contributed by atoms with van der Waals surface area (Å²) in [7, 11) is 1.55. The largest absolute Gasteiger partial charge is 0.378 e. The van der Waals surface area contributed by atoms with Gasteiger partial charge in [-0.3, -0.25) is 9.59 Å². The summed E-state index contributed by atoms with van der Waals surface area (Å²) < 4.78 is 5.32. The van der Waals surface area contributed by atoms with Crippen LogP contribution in [0.15, 0.2) is 23.4 Å². The maximum Gasteiger partial charge on any atom is 0.273 e. The number of ether oxygens (including phenoxy) is 1. The summed E-state index contributed by atoms with van der Waals surface area (Å²) in [4.78, 5) is 30.0. The van der Waals surface area contributed by atoms with E-state index in [-0.39, 0.29) is 11.8 Å². The monoisotopic (exact) mass is 317 g/mol. The Morgan fingerprint density at radius 2 is 2.04 bits per heavy atom. The molecule has 0 unspecified atom stereocenters. The van der Waals surface area contributed by atoms with Gasteiger partial charge in [0.25, 0.3) is 5.91 Å². The van der Waals surface area contributed by atoms with E-state index in [1.165, 1.54) is 5.01 Å². The number of nitrogens with zero attached hydrogens (tertiary/aromatic N) is 4. The predicted octanol–water partition coefficient (Wildman–Crippen LogP) is 0.465. The van der Waals surface area contributed by atoms with Crippen LogP contribution >= 0.6 is 0 Å². The zero-order valence-corrected chi connectivity index (χ0v) is 13.0. The summed E-state index contributed by atoms with van der Waals surface area (Å²) in [6.07, 6.45) is 2.38. The number of rotatable bonds is 3. The molecule has 122 valence electrons. The lowest BCUT2D eigenvalue weighted by atomic mass is 10.1. The van der Waals surface area contributed by atoms with E-state index in [1.54, 1.807) is 19.3 Å². The van der Waals surface area contributed by atoms with Crippen LogP contribution in [0.1, 0.15) is 12.8 Å². The summed E-state index contributed by atoms with van der Waals surface area (Å²) in [5.41, 5.74) is 1.35. The van der Waals surface area contributed by atoms with Crippen LogP contribution in [0.5, 0.6) is 0 Å². The number of pyridine rings is 1. The highest BCUT2D eigenvalue weighted by atomic mass is 16.5. The van der Waals surface area contributed by atoms with E-state index in [9.17, 15) is 9.59 Å². The maximum absolute atomic E-state index is 12.2. The van der Waals surface area contributed by atoms with Crippen molar-refractivity contribution in [3.8, 4) is 0 Å². The van der Waals surface area contributed by atoms with Crippen LogP contribution in [0.25, 0.3) is 0 Å². The number of hydrogen-bond donors (Lipinski definition) is 1. The molecular formula is C15H19N5O3. The number of amides is 2. The second-order valence-electron chi connectivity index (χ2n) is 5.42. The number of hydrogen-bond acceptors (Lipinski definition) is 6. The Hall–Kier alpha value is -2.48. The number of carbonyl (C=O) groups is 2. The smallest absolute Gasteiger partial charge is 0.273 e. The molecule has 8 heteroatoms. The SMILES string of the molecule is CN1N=C(C(=O)Nc2ccc(N3CCOCC3)cn2)CCC1=O. The normalized spacial score (nSPS) is 18.7. The first kappa shape index (κ1) is 15.4. The van der Waals surface area contributed by atoms with Gasteiger partial charge in [0, 0.05) is 33.0 Å². The van der Waals surface area contributed by atoms with E-state index < -0.39 is 0 Å². The van der Waals surface area contributed by atoms with Crippen molar-refractivity contribution in [2.75, 3.05) is 43.6 Å². The molecule has 0 radical (unpaired) electrons. The van der Waals surface area contributed by atoms with Crippen molar-refractivity contribution in [2.24, 2.45) is 5.10 Å². The van der Waals surface area contributed by atoms with Gasteiger partial charge in [0.15, 0.2) is 0 Å². The van der Waals surface area contributed by atoms with Crippen molar-refractivity contribution in [1.82, 2.24) is 9.99 Å². The van der Waals surface area contributed by atoms with Gasteiger partial charge >= 0.3 is 0 Å². The van der Waals surface area contributed by atoms with Crippen molar-refractivity contribution in [1.29, 1.82) is 0 Å². The van der Waals surface area contributed by atoms with Crippen molar-refractivity contribution in [3.63, 3.8) is 0 Å². The Morgan fingerprint density at radius 3 is 2.70 bits per heavy atom. The van der Waals surface area contributed by atoms with Crippen molar-refractivity contribution < 1.29 is 14.3 Å². The Bertz CT molecular complexity index is 623. The first-order chi connectivity index (χ1) is 11.1. The number of morpholine rings is 1. The first-order valence-electron chi connectivity index (χ1n) is 7.57. The van der Waals surface area contributed by atoms with Crippen LogP contribution in [-0.4, -0.2) is 60.9 Å². The molecule has 0 aliphatic carbocycles. The third-order valence-electron chi connectivity index (χ3n) is 3.84. The van der Waals surface area contributed by atoms with Gasteiger partial charge in [0.1, 0.15) is 11.5 Å². The lowest BCUT2D eigenvalue weighted by Crippen LogP contribution is -2.36. The molecule has 1 aromatic heterocycles. The van der Waals surface area contributed by atoms with Crippen LogP contribution < -0.4 is 10.2 Å². The average Bonchev–Trinajstić information content (AvgIpc) is 2.59. The third kappa shape index (κ3) is 3.65. The molecule has 0 spiro atoms. The minimum atomic E-state index is -0.323. The summed E-state index contributed by atoms with van der Waals surface area (Å²) in [5.74, 6) is 0.0553.